The molecule has 0 radical (unpaired) electrons. The summed E-state index contributed by atoms with van der Waals surface area (Å²) in [7, 11) is -3.86. The van der Waals surface area contributed by atoms with E-state index < -0.39 is 21.7 Å². The Morgan fingerprint density at radius 1 is 1.43 bits per heavy atom. The van der Waals surface area contributed by atoms with E-state index in [1.165, 1.54) is 19.1 Å². The molecule has 0 bridgehead atoms. The minimum atomic E-state index is -3.86. The quantitative estimate of drug-likeness (QED) is 0.888. The average Bonchev–Trinajstić information content (AvgIpc) is 2.80. The molecule has 1 heterocycles. The lowest BCUT2D eigenvalue weighted by Crippen LogP contribution is -2.13. The summed E-state index contributed by atoms with van der Waals surface area (Å²) in [4.78, 5) is 14.6. The molecule has 0 atom stereocenters. The van der Waals surface area contributed by atoms with Crippen molar-refractivity contribution in [1.29, 1.82) is 0 Å². The van der Waals surface area contributed by atoms with E-state index in [0.717, 1.165) is 23.6 Å². The molecule has 10 heteroatoms. The van der Waals surface area contributed by atoms with Gasteiger partial charge in [-0.1, -0.05) is 22.9 Å². The first-order valence-electron chi connectivity index (χ1n) is 5.49. The van der Waals surface area contributed by atoms with E-state index in [1.54, 1.807) is 0 Å². The fourth-order valence-electron chi connectivity index (χ4n) is 1.44. The summed E-state index contributed by atoms with van der Waals surface area (Å²) in [6, 6.07) is 3.46. The molecule has 2 N–H and O–H groups in total. The summed E-state index contributed by atoms with van der Waals surface area (Å²) in [6.45, 7) is 1.22. The summed E-state index contributed by atoms with van der Waals surface area (Å²) >= 11 is 6.38. The molecule has 21 heavy (non-hydrogen) atoms. The van der Waals surface area contributed by atoms with Gasteiger partial charge in [-0.05, 0) is 18.2 Å². The first-order valence-corrected chi connectivity index (χ1v) is 8.17. The van der Waals surface area contributed by atoms with E-state index in [-0.39, 0.29) is 20.1 Å². The Kier molecular flexibility index (Phi) is 4.45. The number of thiazole rings is 1. The normalized spacial score (nSPS) is 11.2. The molecule has 2 rings (SSSR count). The van der Waals surface area contributed by atoms with Crippen LogP contribution in [0, 0.1) is 5.82 Å². The van der Waals surface area contributed by atoms with Gasteiger partial charge in [0.2, 0.25) is 5.91 Å². The van der Waals surface area contributed by atoms with Gasteiger partial charge in [0.15, 0.2) is 8.68 Å². The largest absolute Gasteiger partial charge is 0.324 e. The molecular formula is C11H9ClFN3O3S2. The fourth-order valence-corrected chi connectivity index (χ4v) is 3.79. The van der Waals surface area contributed by atoms with Crippen molar-refractivity contribution in [3.05, 3.63) is 34.7 Å². The summed E-state index contributed by atoms with van der Waals surface area (Å²) in [5.41, 5.74) is -0.0188. The number of rotatable bonds is 4. The van der Waals surface area contributed by atoms with Gasteiger partial charge in [0.1, 0.15) is 5.82 Å². The lowest BCUT2D eigenvalue weighted by molar-refractivity contribution is -0.114. The van der Waals surface area contributed by atoms with Crippen LogP contribution in [0.2, 0.25) is 4.47 Å². The van der Waals surface area contributed by atoms with Crippen molar-refractivity contribution in [2.24, 2.45) is 0 Å². The topological polar surface area (TPSA) is 88.2 Å². The SMILES string of the molecule is CC(=O)Nc1cc(NS(=O)(=O)c2cnc(Cl)s2)ccc1F. The predicted octanol–water partition coefficient (Wildman–Crippen LogP) is 2.69. The number of benzene rings is 1. The third-order valence-corrected chi connectivity index (χ3v) is 5.21. The van der Waals surface area contributed by atoms with Crippen LogP contribution in [0.15, 0.2) is 28.6 Å². The maximum atomic E-state index is 13.5. The van der Waals surface area contributed by atoms with Crippen LogP contribution >= 0.6 is 22.9 Å². The van der Waals surface area contributed by atoms with Gasteiger partial charge in [-0.3, -0.25) is 9.52 Å². The Morgan fingerprint density at radius 3 is 2.71 bits per heavy atom. The number of hydrogen-bond acceptors (Lipinski definition) is 5. The Morgan fingerprint density at radius 2 is 2.14 bits per heavy atom. The second-order valence-electron chi connectivity index (χ2n) is 3.91. The van der Waals surface area contributed by atoms with Crippen LogP contribution in [-0.4, -0.2) is 19.3 Å². The van der Waals surface area contributed by atoms with Gasteiger partial charge in [0.25, 0.3) is 10.0 Å². The van der Waals surface area contributed by atoms with E-state index in [2.05, 4.69) is 15.0 Å². The minimum Gasteiger partial charge on any atom is -0.324 e. The Labute approximate surface area is 129 Å². The van der Waals surface area contributed by atoms with Gasteiger partial charge >= 0.3 is 0 Å². The van der Waals surface area contributed by atoms with E-state index in [0.29, 0.717) is 0 Å². The zero-order valence-electron chi connectivity index (χ0n) is 10.6. The average molecular weight is 350 g/mol. The van der Waals surface area contributed by atoms with Gasteiger partial charge in [-0.25, -0.2) is 17.8 Å². The highest BCUT2D eigenvalue weighted by atomic mass is 35.5. The van der Waals surface area contributed by atoms with Gasteiger partial charge in [0.05, 0.1) is 17.6 Å². The van der Waals surface area contributed by atoms with Crippen molar-refractivity contribution >= 4 is 50.2 Å². The molecule has 0 aliphatic rings. The molecule has 0 aliphatic heterocycles. The minimum absolute atomic E-state index is 0.0714. The van der Waals surface area contributed by atoms with Crippen LogP contribution in [0.4, 0.5) is 15.8 Å². The lowest BCUT2D eigenvalue weighted by atomic mass is 10.2. The van der Waals surface area contributed by atoms with Gasteiger partial charge in [0, 0.05) is 6.92 Å². The van der Waals surface area contributed by atoms with Gasteiger partial charge in [-0.15, -0.1) is 0 Å². The van der Waals surface area contributed by atoms with E-state index in [4.69, 9.17) is 11.6 Å². The molecule has 1 aromatic heterocycles. The number of sulfonamides is 1. The first-order chi connectivity index (χ1) is 9.78. The van der Waals surface area contributed by atoms with Crippen LogP contribution in [0.3, 0.4) is 0 Å². The monoisotopic (exact) mass is 349 g/mol. The Balaban J connectivity index is 2.29. The van der Waals surface area contributed by atoms with Crippen molar-refractivity contribution in [3.8, 4) is 0 Å². The highest BCUT2D eigenvalue weighted by Gasteiger charge is 2.18. The number of nitrogens with zero attached hydrogens (tertiary/aromatic N) is 1. The third-order valence-electron chi connectivity index (χ3n) is 2.25. The smallest absolute Gasteiger partial charge is 0.273 e. The molecule has 0 spiro atoms. The van der Waals surface area contributed by atoms with Crippen LogP contribution in [0.5, 0.6) is 0 Å². The summed E-state index contributed by atoms with van der Waals surface area (Å²) in [5, 5.41) is 2.26. The number of amides is 1. The van der Waals surface area contributed by atoms with Crippen LogP contribution < -0.4 is 10.0 Å². The first kappa shape index (κ1) is 15.7. The standard InChI is InChI=1S/C11H9ClFN3O3S2/c1-6(17)15-9-4-7(2-3-8(9)13)16-21(18,19)10-5-14-11(12)20-10/h2-5,16H,1H3,(H,15,17). The third kappa shape index (κ3) is 3.90. The molecule has 0 unspecified atom stereocenters. The second-order valence-corrected chi connectivity index (χ2v) is 7.44. The van der Waals surface area contributed by atoms with Gasteiger partial charge < -0.3 is 5.32 Å². The molecule has 112 valence electrons. The molecule has 6 nitrogen and oxygen atoms in total. The number of halogens is 2. The maximum Gasteiger partial charge on any atom is 0.273 e. The highest BCUT2D eigenvalue weighted by Crippen LogP contribution is 2.26. The summed E-state index contributed by atoms with van der Waals surface area (Å²) < 4.78 is 39.9. The predicted molar refractivity (Wildman–Crippen MR) is 78.6 cm³/mol. The molecule has 0 aliphatic carbocycles. The molecule has 0 saturated heterocycles. The van der Waals surface area contributed by atoms with Crippen molar-refractivity contribution in [2.45, 2.75) is 11.1 Å². The molecule has 0 fully saturated rings. The van der Waals surface area contributed by atoms with Crippen molar-refractivity contribution in [1.82, 2.24) is 4.98 Å². The summed E-state index contributed by atoms with van der Waals surface area (Å²) in [5.74, 6) is -1.14. The van der Waals surface area contributed by atoms with Crippen molar-refractivity contribution in [3.63, 3.8) is 0 Å². The van der Waals surface area contributed by atoms with E-state index in [1.807, 2.05) is 0 Å². The lowest BCUT2D eigenvalue weighted by Gasteiger charge is -2.09. The number of anilines is 2. The summed E-state index contributed by atoms with van der Waals surface area (Å²) in [6.07, 6.45) is 1.12. The van der Waals surface area contributed by atoms with Crippen LogP contribution in [0.1, 0.15) is 6.92 Å². The number of nitrogens with one attached hydrogen (secondary N) is 2. The Bertz CT molecular complexity index is 792. The van der Waals surface area contributed by atoms with E-state index in [9.17, 15) is 17.6 Å². The molecule has 1 aromatic carbocycles. The fraction of sp³-hybridized carbons (Fsp3) is 0.0909. The maximum absolute atomic E-state index is 13.5. The number of aromatic nitrogens is 1. The molecule has 2 aromatic rings. The highest BCUT2D eigenvalue weighted by molar-refractivity contribution is 7.94. The number of carbonyl (C=O) groups is 1. The molecule has 0 saturated carbocycles. The van der Waals surface area contributed by atoms with Crippen LogP contribution in [-0.2, 0) is 14.8 Å². The van der Waals surface area contributed by atoms with Gasteiger partial charge in [-0.2, -0.15) is 0 Å². The molecule has 1 amide bonds. The molecular weight excluding hydrogens is 341 g/mol. The number of hydrogen-bond donors (Lipinski definition) is 2. The zero-order chi connectivity index (χ0) is 15.6. The second kappa shape index (κ2) is 5.96. The zero-order valence-corrected chi connectivity index (χ0v) is 12.9. The van der Waals surface area contributed by atoms with E-state index >= 15 is 0 Å². The van der Waals surface area contributed by atoms with Crippen molar-refractivity contribution in [2.75, 3.05) is 10.0 Å². The Hall–Kier alpha value is -1.71. The van der Waals surface area contributed by atoms with Crippen molar-refractivity contribution < 1.29 is 17.6 Å². The number of carbonyl (C=O) groups excluding carboxylic acids is 1. The van der Waals surface area contributed by atoms with Crippen LogP contribution in [0.25, 0.3) is 0 Å².